The van der Waals surface area contributed by atoms with Crippen molar-refractivity contribution in [3.8, 4) is 0 Å². The van der Waals surface area contributed by atoms with Crippen molar-refractivity contribution < 1.29 is 23.4 Å². The van der Waals surface area contributed by atoms with Gasteiger partial charge in [-0.2, -0.15) is 13.2 Å². The van der Waals surface area contributed by atoms with E-state index in [9.17, 15) is 23.4 Å². The van der Waals surface area contributed by atoms with Crippen LogP contribution in [0.1, 0.15) is 19.8 Å². The van der Waals surface area contributed by atoms with Gasteiger partial charge in [0.2, 0.25) is 0 Å². The van der Waals surface area contributed by atoms with E-state index in [-0.39, 0.29) is 24.2 Å². The minimum atomic E-state index is -4.69. The molecule has 7 atom stereocenters. The standard InChI is InChI=1S/C13H17F3O2/c1-12(18,13(14,15)16)9-5-8-6-2-3-7(4-6)10(8)11(9)17/h2-3,6-11,17-18H,4-5H2,1H3. The van der Waals surface area contributed by atoms with Gasteiger partial charge in [0.25, 0.3) is 0 Å². The van der Waals surface area contributed by atoms with Crippen molar-refractivity contribution in [2.24, 2.45) is 29.6 Å². The zero-order valence-electron chi connectivity index (χ0n) is 10.1. The molecule has 2 saturated carbocycles. The van der Waals surface area contributed by atoms with Gasteiger partial charge in [-0.25, -0.2) is 0 Å². The third kappa shape index (κ3) is 1.43. The van der Waals surface area contributed by atoms with Gasteiger partial charge in [-0.3, -0.25) is 0 Å². The monoisotopic (exact) mass is 262 g/mol. The van der Waals surface area contributed by atoms with Gasteiger partial charge < -0.3 is 10.2 Å². The Balaban J connectivity index is 1.86. The molecular weight excluding hydrogens is 245 g/mol. The lowest BCUT2D eigenvalue weighted by atomic mass is 9.82. The Bertz CT molecular complexity index is 388. The first-order chi connectivity index (χ1) is 8.23. The van der Waals surface area contributed by atoms with Crippen molar-refractivity contribution >= 4 is 0 Å². The number of hydrogen-bond acceptors (Lipinski definition) is 2. The third-order valence-electron chi connectivity index (χ3n) is 5.32. The Morgan fingerprint density at radius 1 is 1.11 bits per heavy atom. The highest BCUT2D eigenvalue weighted by Gasteiger charge is 2.64. The summed E-state index contributed by atoms with van der Waals surface area (Å²) >= 11 is 0. The first-order valence-electron chi connectivity index (χ1n) is 6.39. The molecule has 2 nitrogen and oxygen atoms in total. The van der Waals surface area contributed by atoms with Crippen molar-refractivity contribution in [3.05, 3.63) is 12.2 Å². The topological polar surface area (TPSA) is 40.5 Å². The first kappa shape index (κ1) is 12.5. The van der Waals surface area contributed by atoms with Gasteiger partial charge in [-0.1, -0.05) is 12.2 Å². The predicted molar refractivity (Wildman–Crippen MR) is 58.5 cm³/mol. The minimum absolute atomic E-state index is 0.0983. The van der Waals surface area contributed by atoms with Crippen molar-refractivity contribution in [1.29, 1.82) is 0 Å². The second-order valence-corrected chi connectivity index (χ2v) is 6.17. The highest BCUT2D eigenvalue weighted by Crippen LogP contribution is 2.60. The lowest BCUT2D eigenvalue weighted by Gasteiger charge is -2.35. The SMILES string of the molecule is CC(O)(C1CC2C3C=CC(C3)C2C1O)C(F)(F)F. The smallest absolute Gasteiger partial charge is 0.392 e. The average molecular weight is 262 g/mol. The fourth-order valence-electron chi connectivity index (χ4n) is 4.27. The second-order valence-electron chi connectivity index (χ2n) is 6.17. The molecule has 0 aliphatic heterocycles. The van der Waals surface area contributed by atoms with Gasteiger partial charge in [0, 0.05) is 5.92 Å². The maximum atomic E-state index is 12.9. The first-order valence-corrected chi connectivity index (χ1v) is 6.39. The number of rotatable bonds is 1. The van der Waals surface area contributed by atoms with Crippen molar-refractivity contribution in [3.63, 3.8) is 0 Å². The number of hydrogen-bond donors (Lipinski definition) is 2. The molecule has 5 heteroatoms. The number of aliphatic hydroxyl groups excluding tert-OH is 1. The van der Waals surface area contributed by atoms with Crippen LogP contribution in [0.5, 0.6) is 0 Å². The molecule has 0 heterocycles. The maximum absolute atomic E-state index is 12.9. The summed E-state index contributed by atoms with van der Waals surface area (Å²) in [5.74, 6) is -0.599. The van der Waals surface area contributed by atoms with Crippen LogP contribution in [0.3, 0.4) is 0 Å². The Kier molecular flexibility index (Phi) is 2.43. The van der Waals surface area contributed by atoms with Crippen LogP contribution in [0.2, 0.25) is 0 Å². The van der Waals surface area contributed by atoms with E-state index in [0.717, 1.165) is 13.3 Å². The molecule has 0 saturated heterocycles. The van der Waals surface area contributed by atoms with Gasteiger partial charge in [-0.15, -0.1) is 0 Å². The summed E-state index contributed by atoms with van der Waals surface area (Å²) in [5.41, 5.74) is -2.80. The summed E-state index contributed by atoms with van der Waals surface area (Å²) < 4.78 is 38.6. The van der Waals surface area contributed by atoms with Crippen molar-refractivity contribution in [1.82, 2.24) is 0 Å². The fraction of sp³-hybridized carbons (Fsp3) is 0.846. The molecule has 0 aromatic heterocycles. The summed E-state index contributed by atoms with van der Waals surface area (Å²) in [6.45, 7) is 0.789. The minimum Gasteiger partial charge on any atom is -0.392 e. The summed E-state index contributed by atoms with van der Waals surface area (Å²) in [5, 5.41) is 20.0. The van der Waals surface area contributed by atoms with Gasteiger partial charge in [0.1, 0.15) is 0 Å². The summed E-state index contributed by atoms with van der Waals surface area (Å²) in [6, 6.07) is 0. The summed E-state index contributed by atoms with van der Waals surface area (Å²) in [4.78, 5) is 0. The number of alkyl halides is 3. The maximum Gasteiger partial charge on any atom is 0.417 e. The molecule has 2 bridgehead atoms. The van der Waals surface area contributed by atoms with E-state index in [1.807, 2.05) is 6.08 Å². The Morgan fingerprint density at radius 3 is 2.28 bits per heavy atom. The van der Waals surface area contributed by atoms with E-state index in [2.05, 4.69) is 6.08 Å². The van der Waals surface area contributed by atoms with Gasteiger partial charge in [0.05, 0.1) is 6.10 Å². The number of fused-ring (bicyclic) bond motifs is 5. The Morgan fingerprint density at radius 2 is 1.72 bits per heavy atom. The molecule has 0 radical (unpaired) electrons. The molecule has 0 aromatic rings. The van der Waals surface area contributed by atoms with E-state index in [4.69, 9.17) is 0 Å². The number of halogens is 3. The van der Waals surface area contributed by atoms with Crippen LogP contribution >= 0.6 is 0 Å². The van der Waals surface area contributed by atoms with Gasteiger partial charge in [0.15, 0.2) is 5.60 Å². The largest absolute Gasteiger partial charge is 0.417 e. The van der Waals surface area contributed by atoms with Gasteiger partial charge in [-0.05, 0) is 43.4 Å². The Labute approximate surface area is 103 Å². The number of aliphatic hydroxyl groups is 2. The molecule has 3 rings (SSSR count). The summed E-state index contributed by atoms with van der Waals surface area (Å²) in [7, 11) is 0. The highest BCUT2D eigenvalue weighted by atomic mass is 19.4. The molecule has 102 valence electrons. The molecule has 7 unspecified atom stereocenters. The number of allylic oxidation sites excluding steroid dienone is 2. The second kappa shape index (κ2) is 3.51. The average Bonchev–Trinajstić information content (AvgIpc) is 2.88. The molecule has 0 aromatic carbocycles. The quantitative estimate of drug-likeness (QED) is 0.711. The van der Waals surface area contributed by atoms with Crippen molar-refractivity contribution in [2.75, 3.05) is 0 Å². The van der Waals surface area contributed by atoms with E-state index in [1.165, 1.54) is 0 Å². The van der Waals surface area contributed by atoms with Crippen LogP contribution < -0.4 is 0 Å². The van der Waals surface area contributed by atoms with Crippen LogP contribution in [0, 0.1) is 29.6 Å². The lowest BCUT2D eigenvalue weighted by molar-refractivity contribution is -0.280. The molecule has 0 amide bonds. The van der Waals surface area contributed by atoms with Gasteiger partial charge >= 0.3 is 6.18 Å². The van der Waals surface area contributed by atoms with Crippen LogP contribution in [-0.2, 0) is 0 Å². The van der Waals surface area contributed by atoms with Crippen LogP contribution in [0.25, 0.3) is 0 Å². The fourth-order valence-corrected chi connectivity index (χ4v) is 4.27. The van der Waals surface area contributed by atoms with Crippen LogP contribution in [0.4, 0.5) is 13.2 Å². The third-order valence-corrected chi connectivity index (χ3v) is 5.32. The van der Waals surface area contributed by atoms with E-state index in [1.54, 1.807) is 0 Å². The normalized spacial score (nSPS) is 49.4. The molecule has 2 N–H and O–H groups in total. The zero-order chi connectivity index (χ0) is 13.3. The predicted octanol–water partition coefficient (Wildman–Crippen LogP) is 2.12. The lowest BCUT2D eigenvalue weighted by Crippen LogP contribution is -2.52. The van der Waals surface area contributed by atoms with Crippen molar-refractivity contribution in [2.45, 2.75) is 37.6 Å². The van der Waals surface area contributed by atoms with Crippen LogP contribution in [-0.4, -0.2) is 28.1 Å². The molecular formula is C13H17F3O2. The Hall–Kier alpha value is -0.550. The molecule has 18 heavy (non-hydrogen) atoms. The molecule has 2 fully saturated rings. The zero-order valence-corrected chi connectivity index (χ0v) is 10.1. The van der Waals surface area contributed by atoms with E-state index >= 15 is 0 Å². The molecule has 3 aliphatic carbocycles. The van der Waals surface area contributed by atoms with E-state index in [0.29, 0.717) is 5.92 Å². The molecule has 0 spiro atoms. The highest BCUT2D eigenvalue weighted by molar-refractivity contribution is 5.19. The molecule has 3 aliphatic rings. The summed E-state index contributed by atoms with van der Waals surface area (Å²) in [6.07, 6.45) is -0.448. The van der Waals surface area contributed by atoms with Crippen LogP contribution in [0.15, 0.2) is 12.2 Å². The van der Waals surface area contributed by atoms with E-state index < -0.39 is 23.8 Å².